The summed E-state index contributed by atoms with van der Waals surface area (Å²) in [6.07, 6.45) is -1.65. The van der Waals surface area contributed by atoms with Crippen molar-refractivity contribution in [3.8, 4) is 0 Å². The van der Waals surface area contributed by atoms with Crippen LogP contribution in [0.4, 0.5) is 0 Å². The Morgan fingerprint density at radius 2 is 1.75 bits per heavy atom. The number of hydrogen-bond acceptors (Lipinski definition) is 6. The van der Waals surface area contributed by atoms with Gasteiger partial charge in [-0.1, -0.05) is 12.1 Å². The Hall–Kier alpha value is -2.58. The Bertz CT molecular complexity index is 688. The molecule has 1 heterocycles. The van der Waals surface area contributed by atoms with Gasteiger partial charge in [0.2, 0.25) is 5.60 Å². The Morgan fingerprint density at radius 3 is 2.30 bits per heavy atom. The Labute approximate surface area is 112 Å². The molecule has 2 rings (SSSR count). The number of aliphatic carboxylic acids is 2. The third-order valence-electron chi connectivity index (χ3n) is 2.79. The molecule has 0 amide bonds. The van der Waals surface area contributed by atoms with Crippen LogP contribution in [0.15, 0.2) is 30.5 Å². The molecule has 2 atom stereocenters. The number of benzene rings is 1. The number of carboxylic acids is 2. The second-order valence-corrected chi connectivity index (χ2v) is 4.06. The van der Waals surface area contributed by atoms with E-state index < -0.39 is 29.3 Å². The molecule has 104 valence electrons. The third-order valence-corrected chi connectivity index (χ3v) is 2.79. The highest BCUT2D eigenvalue weighted by molar-refractivity contribution is 5.88. The highest BCUT2D eigenvalue weighted by Crippen LogP contribution is 2.25. The largest absolute Gasteiger partial charge is 0.479 e. The zero-order valence-corrected chi connectivity index (χ0v) is 9.96. The van der Waals surface area contributed by atoms with Crippen LogP contribution >= 0.6 is 0 Å². The summed E-state index contributed by atoms with van der Waals surface area (Å²) in [5.74, 6) is -3.82. The number of carboxylic acid groups (broad SMARTS) is 2. The van der Waals surface area contributed by atoms with Crippen LogP contribution in [0.2, 0.25) is 0 Å². The van der Waals surface area contributed by atoms with Gasteiger partial charge in [-0.3, -0.25) is 4.98 Å². The molecule has 8 heteroatoms. The smallest absolute Gasteiger partial charge is 0.345 e. The summed E-state index contributed by atoms with van der Waals surface area (Å²) in [4.78, 5) is 29.7. The molecule has 0 unspecified atom stereocenters. The summed E-state index contributed by atoms with van der Waals surface area (Å²) in [7, 11) is 0. The summed E-state index contributed by atoms with van der Waals surface area (Å²) in [6, 6.07) is 6.43. The zero-order chi connectivity index (χ0) is 14.9. The lowest BCUT2D eigenvalue weighted by Gasteiger charge is -2.25. The summed E-state index contributed by atoms with van der Waals surface area (Å²) < 4.78 is 0. The first-order chi connectivity index (χ1) is 9.37. The number of aliphatic hydroxyl groups excluding tert-OH is 1. The molecule has 1 aromatic heterocycles. The lowest BCUT2D eigenvalue weighted by atomic mass is 9.93. The number of fused-ring (bicyclic) bond motifs is 1. The molecule has 8 nitrogen and oxygen atoms in total. The summed E-state index contributed by atoms with van der Waals surface area (Å²) in [5.41, 5.74) is -2.93. The number of carbonyl (C=O) groups is 2. The van der Waals surface area contributed by atoms with Crippen LogP contribution in [-0.2, 0) is 15.2 Å². The number of para-hydroxylation sites is 2. The van der Waals surface area contributed by atoms with Crippen LogP contribution in [0.5, 0.6) is 0 Å². The molecule has 0 bridgehead atoms. The highest BCUT2D eigenvalue weighted by Gasteiger charge is 2.51. The molecule has 4 N–H and O–H groups in total. The predicted octanol–water partition coefficient (Wildman–Crippen LogP) is -0.652. The molecular weight excluding hydrogens is 268 g/mol. The minimum absolute atomic E-state index is 0.266. The van der Waals surface area contributed by atoms with E-state index in [1.54, 1.807) is 18.2 Å². The lowest BCUT2D eigenvalue weighted by molar-refractivity contribution is -0.185. The topological polar surface area (TPSA) is 141 Å². The van der Waals surface area contributed by atoms with E-state index in [2.05, 4.69) is 9.97 Å². The molecule has 0 saturated carbocycles. The van der Waals surface area contributed by atoms with Gasteiger partial charge in [-0.2, -0.15) is 0 Å². The van der Waals surface area contributed by atoms with Gasteiger partial charge in [0.15, 0.2) is 6.10 Å². The van der Waals surface area contributed by atoms with Crippen molar-refractivity contribution in [2.24, 2.45) is 0 Å². The van der Waals surface area contributed by atoms with Crippen molar-refractivity contribution in [3.05, 3.63) is 36.2 Å². The van der Waals surface area contributed by atoms with Gasteiger partial charge in [-0.05, 0) is 12.1 Å². The van der Waals surface area contributed by atoms with E-state index in [1.807, 2.05) is 0 Å². The van der Waals surface area contributed by atoms with Crippen molar-refractivity contribution in [1.29, 1.82) is 0 Å². The SMILES string of the molecule is O=C(O)[C@H](O)[C@@](O)(C(=O)O)c1cnc2ccccc2n1. The molecule has 1 aromatic carbocycles. The second-order valence-electron chi connectivity index (χ2n) is 4.06. The first kappa shape index (κ1) is 13.8. The maximum absolute atomic E-state index is 11.2. The molecule has 20 heavy (non-hydrogen) atoms. The van der Waals surface area contributed by atoms with Crippen molar-refractivity contribution in [2.75, 3.05) is 0 Å². The summed E-state index contributed by atoms with van der Waals surface area (Å²) in [5, 5.41) is 37.2. The van der Waals surface area contributed by atoms with Crippen molar-refractivity contribution in [2.45, 2.75) is 11.7 Å². The minimum Gasteiger partial charge on any atom is -0.479 e. The molecule has 0 fully saturated rings. The van der Waals surface area contributed by atoms with Gasteiger partial charge in [-0.25, -0.2) is 14.6 Å². The standard InChI is InChI=1S/C12H10N2O6/c15-9(10(16)17)12(20,11(18)19)8-5-13-6-3-1-2-4-7(6)14-8/h1-5,9,15,20H,(H,16,17)(H,18,19)/t9-,12+/m0/s1. The first-order valence-electron chi connectivity index (χ1n) is 5.46. The molecule has 0 spiro atoms. The van der Waals surface area contributed by atoms with E-state index in [4.69, 9.17) is 10.2 Å². The lowest BCUT2D eigenvalue weighted by Crippen LogP contribution is -2.51. The minimum atomic E-state index is -3.08. The molecular formula is C12H10N2O6. The van der Waals surface area contributed by atoms with Crippen molar-refractivity contribution in [3.63, 3.8) is 0 Å². The van der Waals surface area contributed by atoms with Gasteiger partial charge in [-0.15, -0.1) is 0 Å². The summed E-state index contributed by atoms with van der Waals surface area (Å²) in [6.45, 7) is 0. The van der Waals surface area contributed by atoms with Crippen LogP contribution in [0, 0.1) is 0 Å². The fraction of sp³-hybridized carbons (Fsp3) is 0.167. The van der Waals surface area contributed by atoms with Crippen molar-refractivity contribution in [1.82, 2.24) is 9.97 Å². The van der Waals surface area contributed by atoms with Gasteiger partial charge in [0, 0.05) is 0 Å². The normalized spacial score (nSPS) is 15.5. The third kappa shape index (κ3) is 2.06. The Morgan fingerprint density at radius 1 is 1.15 bits per heavy atom. The van der Waals surface area contributed by atoms with E-state index in [0.717, 1.165) is 6.20 Å². The van der Waals surface area contributed by atoms with E-state index in [9.17, 15) is 19.8 Å². The average molecular weight is 278 g/mol. The first-order valence-corrected chi connectivity index (χ1v) is 5.46. The fourth-order valence-corrected chi connectivity index (χ4v) is 1.69. The molecule has 0 aliphatic carbocycles. The Balaban J connectivity index is 2.63. The molecule has 0 saturated heterocycles. The molecule has 2 aromatic rings. The number of nitrogens with zero attached hydrogens (tertiary/aromatic N) is 2. The number of aliphatic hydroxyl groups is 2. The predicted molar refractivity (Wildman–Crippen MR) is 64.7 cm³/mol. The van der Waals surface area contributed by atoms with Crippen LogP contribution in [0.1, 0.15) is 5.69 Å². The second kappa shape index (κ2) is 4.83. The van der Waals surface area contributed by atoms with Gasteiger partial charge >= 0.3 is 11.9 Å². The van der Waals surface area contributed by atoms with Crippen LogP contribution < -0.4 is 0 Å². The van der Waals surface area contributed by atoms with Gasteiger partial charge in [0.25, 0.3) is 0 Å². The summed E-state index contributed by atoms with van der Waals surface area (Å²) >= 11 is 0. The number of aromatic nitrogens is 2. The molecule has 0 radical (unpaired) electrons. The van der Waals surface area contributed by atoms with Crippen LogP contribution in [0.3, 0.4) is 0 Å². The van der Waals surface area contributed by atoms with Gasteiger partial charge < -0.3 is 20.4 Å². The number of hydrogen-bond donors (Lipinski definition) is 4. The van der Waals surface area contributed by atoms with Gasteiger partial charge in [0.1, 0.15) is 5.69 Å². The fourth-order valence-electron chi connectivity index (χ4n) is 1.69. The van der Waals surface area contributed by atoms with Crippen LogP contribution in [-0.4, -0.2) is 48.4 Å². The van der Waals surface area contributed by atoms with Crippen molar-refractivity contribution >= 4 is 23.0 Å². The van der Waals surface area contributed by atoms with E-state index in [0.29, 0.717) is 5.52 Å². The Kier molecular flexibility index (Phi) is 3.35. The quantitative estimate of drug-likeness (QED) is 0.578. The van der Waals surface area contributed by atoms with Gasteiger partial charge in [0.05, 0.1) is 17.2 Å². The highest BCUT2D eigenvalue weighted by atomic mass is 16.4. The average Bonchev–Trinajstić information content (AvgIpc) is 2.44. The van der Waals surface area contributed by atoms with Crippen LogP contribution in [0.25, 0.3) is 11.0 Å². The van der Waals surface area contributed by atoms with E-state index >= 15 is 0 Å². The maximum atomic E-state index is 11.2. The van der Waals surface area contributed by atoms with E-state index in [1.165, 1.54) is 6.07 Å². The van der Waals surface area contributed by atoms with Crippen molar-refractivity contribution < 1.29 is 30.0 Å². The maximum Gasteiger partial charge on any atom is 0.345 e. The van der Waals surface area contributed by atoms with E-state index in [-0.39, 0.29) is 5.52 Å². The molecule has 0 aliphatic rings. The number of rotatable bonds is 4. The monoisotopic (exact) mass is 278 g/mol. The zero-order valence-electron chi connectivity index (χ0n) is 9.96. The molecule has 0 aliphatic heterocycles.